The van der Waals surface area contributed by atoms with E-state index in [4.69, 9.17) is 18.0 Å². The fourth-order valence-electron chi connectivity index (χ4n) is 1.12. The Morgan fingerprint density at radius 1 is 1.46 bits per heavy atom. The summed E-state index contributed by atoms with van der Waals surface area (Å²) < 4.78 is 0. The van der Waals surface area contributed by atoms with Crippen molar-refractivity contribution in [2.45, 2.75) is 18.9 Å². The van der Waals surface area contributed by atoms with E-state index >= 15 is 0 Å². The fourth-order valence-corrected chi connectivity index (χ4v) is 1.38. The van der Waals surface area contributed by atoms with Crippen LogP contribution in [-0.2, 0) is 0 Å². The topological polar surface area (TPSA) is 20.2 Å². The van der Waals surface area contributed by atoms with Crippen LogP contribution in [-0.4, -0.2) is 5.11 Å². The van der Waals surface area contributed by atoms with Crippen LogP contribution in [0.4, 0.5) is 0 Å². The molecule has 1 unspecified atom stereocenters. The molecule has 1 N–H and O–H groups in total. The molecule has 0 heterocycles. The maximum absolute atomic E-state index is 9.65. The molecule has 0 fully saturated rings. The molecule has 1 nitrogen and oxygen atoms in total. The SMILES string of the molecule is C#CCCC(O)c1ccccc1Cl. The van der Waals surface area contributed by atoms with Gasteiger partial charge in [-0.25, -0.2) is 0 Å². The molecule has 0 amide bonds. The summed E-state index contributed by atoms with van der Waals surface area (Å²) in [5.41, 5.74) is 0.749. The second-order valence-electron chi connectivity index (χ2n) is 2.78. The Morgan fingerprint density at radius 2 is 2.15 bits per heavy atom. The van der Waals surface area contributed by atoms with Crippen LogP contribution in [0.3, 0.4) is 0 Å². The molecule has 0 spiro atoms. The highest BCUT2D eigenvalue weighted by atomic mass is 35.5. The normalized spacial score (nSPS) is 12.1. The number of aliphatic hydroxyl groups is 1. The summed E-state index contributed by atoms with van der Waals surface area (Å²) in [6.45, 7) is 0. The molecule has 0 aliphatic heterocycles. The van der Waals surface area contributed by atoms with Gasteiger partial charge in [-0.2, -0.15) is 0 Å². The van der Waals surface area contributed by atoms with E-state index in [1.165, 1.54) is 0 Å². The molecular weight excluding hydrogens is 184 g/mol. The van der Waals surface area contributed by atoms with Crippen molar-refractivity contribution in [1.82, 2.24) is 0 Å². The first-order valence-corrected chi connectivity index (χ1v) is 4.49. The van der Waals surface area contributed by atoms with Crippen molar-refractivity contribution in [2.24, 2.45) is 0 Å². The third kappa shape index (κ3) is 2.77. The highest BCUT2D eigenvalue weighted by Crippen LogP contribution is 2.25. The van der Waals surface area contributed by atoms with Gasteiger partial charge >= 0.3 is 0 Å². The Bertz CT molecular complexity index is 314. The van der Waals surface area contributed by atoms with Crippen LogP contribution in [0.25, 0.3) is 0 Å². The fraction of sp³-hybridized carbons (Fsp3) is 0.273. The van der Waals surface area contributed by atoms with E-state index in [0.717, 1.165) is 5.56 Å². The Hall–Kier alpha value is -0.970. The van der Waals surface area contributed by atoms with E-state index in [9.17, 15) is 5.11 Å². The largest absolute Gasteiger partial charge is 0.388 e. The highest BCUT2D eigenvalue weighted by molar-refractivity contribution is 6.31. The zero-order chi connectivity index (χ0) is 9.68. The molecule has 0 radical (unpaired) electrons. The molecule has 0 saturated carbocycles. The highest BCUT2D eigenvalue weighted by Gasteiger charge is 2.09. The third-order valence-corrected chi connectivity index (χ3v) is 2.17. The second kappa shape index (κ2) is 4.91. The van der Waals surface area contributed by atoms with Crippen LogP contribution in [0.5, 0.6) is 0 Å². The van der Waals surface area contributed by atoms with Gasteiger partial charge in [0.1, 0.15) is 0 Å². The summed E-state index contributed by atoms with van der Waals surface area (Å²) in [7, 11) is 0. The van der Waals surface area contributed by atoms with E-state index in [1.54, 1.807) is 6.07 Å². The zero-order valence-corrected chi connectivity index (χ0v) is 7.96. The maximum atomic E-state index is 9.65. The maximum Gasteiger partial charge on any atom is 0.0813 e. The third-order valence-electron chi connectivity index (χ3n) is 1.83. The number of aliphatic hydroxyl groups excluding tert-OH is 1. The van der Waals surface area contributed by atoms with Crippen LogP contribution in [0.1, 0.15) is 24.5 Å². The van der Waals surface area contributed by atoms with Gasteiger partial charge in [-0.15, -0.1) is 12.3 Å². The average molecular weight is 195 g/mol. The lowest BCUT2D eigenvalue weighted by Gasteiger charge is -2.10. The Morgan fingerprint density at radius 3 is 2.77 bits per heavy atom. The number of terminal acetylenes is 1. The van der Waals surface area contributed by atoms with E-state index < -0.39 is 6.10 Å². The monoisotopic (exact) mass is 194 g/mol. The van der Waals surface area contributed by atoms with Gasteiger partial charge in [0.25, 0.3) is 0 Å². The molecule has 1 rings (SSSR count). The Kier molecular flexibility index (Phi) is 3.82. The van der Waals surface area contributed by atoms with Crippen molar-refractivity contribution in [1.29, 1.82) is 0 Å². The Labute approximate surface area is 83.4 Å². The van der Waals surface area contributed by atoms with Gasteiger partial charge in [0, 0.05) is 11.4 Å². The molecule has 13 heavy (non-hydrogen) atoms. The summed E-state index contributed by atoms with van der Waals surface area (Å²) in [5.74, 6) is 2.48. The smallest absolute Gasteiger partial charge is 0.0813 e. The molecule has 0 saturated heterocycles. The van der Waals surface area contributed by atoms with E-state index in [-0.39, 0.29) is 0 Å². The number of rotatable bonds is 3. The minimum absolute atomic E-state index is 0.551. The standard InChI is InChI=1S/C11H11ClO/c1-2-3-8-11(13)9-6-4-5-7-10(9)12/h1,4-7,11,13H,3,8H2. The molecule has 1 aromatic rings. The van der Waals surface area contributed by atoms with Gasteiger partial charge in [0.15, 0.2) is 0 Å². The van der Waals surface area contributed by atoms with Crippen molar-refractivity contribution in [2.75, 3.05) is 0 Å². The quantitative estimate of drug-likeness (QED) is 0.734. The van der Waals surface area contributed by atoms with Crippen LogP contribution in [0.15, 0.2) is 24.3 Å². The predicted molar refractivity (Wildman–Crippen MR) is 54.5 cm³/mol. The molecule has 2 heteroatoms. The van der Waals surface area contributed by atoms with Crippen molar-refractivity contribution in [3.63, 3.8) is 0 Å². The number of hydrogen-bond acceptors (Lipinski definition) is 1. The number of benzene rings is 1. The van der Waals surface area contributed by atoms with Crippen LogP contribution >= 0.6 is 11.6 Å². The lowest BCUT2D eigenvalue weighted by Crippen LogP contribution is -1.97. The molecule has 0 aliphatic carbocycles. The summed E-state index contributed by atoms with van der Waals surface area (Å²) in [4.78, 5) is 0. The summed E-state index contributed by atoms with van der Waals surface area (Å²) in [6.07, 6.45) is 5.67. The van der Waals surface area contributed by atoms with Gasteiger partial charge in [0.2, 0.25) is 0 Å². The molecule has 0 bridgehead atoms. The minimum atomic E-state index is -0.551. The number of hydrogen-bond donors (Lipinski definition) is 1. The zero-order valence-electron chi connectivity index (χ0n) is 7.20. The molecule has 68 valence electrons. The van der Waals surface area contributed by atoms with Crippen molar-refractivity contribution in [3.8, 4) is 12.3 Å². The first kappa shape index (κ1) is 10.1. The molecule has 1 atom stereocenters. The first-order valence-electron chi connectivity index (χ1n) is 4.11. The van der Waals surface area contributed by atoms with Crippen molar-refractivity contribution in [3.05, 3.63) is 34.9 Å². The molecular formula is C11H11ClO. The second-order valence-corrected chi connectivity index (χ2v) is 3.19. The molecule has 1 aromatic carbocycles. The predicted octanol–water partition coefficient (Wildman–Crippen LogP) is 2.79. The van der Waals surface area contributed by atoms with Crippen LogP contribution < -0.4 is 0 Å². The van der Waals surface area contributed by atoms with Gasteiger partial charge in [-0.3, -0.25) is 0 Å². The molecule has 0 aliphatic rings. The van der Waals surface area contributed by atoms with Crippen LogP contribution in [0, 0.1) is 12.3 Å². The lowest BCUT2D eigenvalue weighted by molar-refractivity contribution is 0.169. The van der Waals surface area contributed by atoms with Crippen molar-refractivity contribution < 1.29 is 5.11 Å². The minimum Gasteiger partial charge on any atom is -0.388 e. The van der Waals surface area contributed by atoms with E-state index in [0.29, 0.717) is 17.9 Å². The van der Waals surface area contributed by atoms with Gasteiger partial charge in [-0.1, -0.05) is 29.8 Å². The van der Waals surface area contributed by atoms with Gasteiger partial charge in [0.05, 0.1) is 6.10 Å². The summed E-state index contributed by atoms with van der Waals surface area (Å²) in [6, 6.07) is 7.25. The van der Waals surface area contributed by atoms with Gasteiger partial charge < -0.3 is 5.11 Å². The van der Waals surface area contributed by atoms with E-state index in [1.807, 2.05) is 18.2 Å². The Balaban J connectivity index is 2.72. The lowest BCUT2D eigenvalue weighted by atomic mass is 10.1. The average Bonchev–Trinajstić information content (AvgIpc) is 2.15. The van der Waals surface area contributed by atoms with Gasteiger partial charge in [-0.05, 0) is 18.1 Å². The molecule has 0 aromatic heterocycles. The summed E-state index contributed by atoms with van der Waals surface area (Å²) >= 11 is 5.89. The first-order chi connectivity index (χ1) is 6.25. The summed E-state index contributed by atoms with van der Waals surface area (Å²) in [5, 5.41) is 10.2. The number of halogens is 1. The van der Waals surface area contributed by atoms with Crippen molar-refractivity contribution >= 4 is 11.6 Å². The van der Waals surface area contributed by atoms with E-state index in [2.05, 4.69) is 5.92 Å². The van der Waals surface area contributed by atoms with Crippen LogP contribution in [0.2, 0.25) is 5.02 Å².